The van der Waals surface area contributed by atoms with E-state index in [-0.39, 0.29) is 17.6 Å². The van der Waals surface area contributed by atoms with Gasteiger partial charge in [0.15, 0.2) is 0 Å². The Labute approximate surface area is 172 Å². The Hall–Kier alpha value is -2.70. The first-order chi connectivity index (χ1) is 13.5. The molecule has 0 aliphatic carbocycles. The third-order valence-corrected chi connectivity index (χ3v) is 5.29. The summed E-state index contributed by atoms with van der Waals surface area (Å²) in [6.07, 6.45) is 1.56. The zero-order chi connectivity index (χ0) is 19.9. The number of carbonyl (C=O) groups excluding carboxylic acids is 2. The number of amides is 2. The summed E-state index contributed by atoms with van der Waals surface area (Å²) in [5.41, 5.74) is 2.08. The van der Waals surface area contributed by atoms with Crippen molar-refractivity contribution in [1.29, 1.82) is 0 Å². The maximum atomic E-state index is 12.7. The van der Waals surface area contributed by atoms with Gasteiger partial charge in [-0.05, 0) is 48.9 Å². The maximum Gasteiger partial charge on any atom is 0.256 e. The Morgan fingerprint density at radius 3 is 2.71 bits per heavy atom. The summed E-state index contributed by atoms with van der Waals surface area (Å²) in [6.45, 7) is 2.23. The van der Waals surface area contributed by atoms with E-state index in [9.17, 15) is 9.59 Å². The van der Waals surface area contributed by atoms with Crippen LogP contribution in [0.5, 0.6) is 0 Å². The van der Waals surface area contributed by atoms with E-state index in [4.69, 9.17) is 16.0 Å². The second kappa shape index (κ2) is 9.48. The van der Waals surface area contributed by atoms with E-state index in [2.05, 4.69) is 10.6 Å². The smallest absolute Gasteiger partial charge is 0.256 e. The number of hydrogen-bond donors (Lipinski definition) is 2. The molecule has 0 aliphatic rings. The van der Waals surface area contributed by atoms with Gasteiger partial charge >= 0.3 is 0 Å². The van der Waals surface area contributed by atoms with Gasteiger partial charge in [0.2, 0.25) is 5.91 Å². The van der Waals surface area contributed by atoms with Crippen LogP contribution in [0.3, 0.4) is 0 Å². The first-order valence-corrected chi connectivity index (χ1v) is 9.97. The predicted octanol–water partition coefficient (Wildman–Crippen LogP) is 4.90. The predicted molar refractivity (Wildman–Crippen MR) is 112 cm³/mol. The molecular weight excluding hydrogens is 396 g/mol. The van der Waals surface area contributed by atoms with E-state index < -0.39 is 0 Å². The molecule has 3 aromatic rings. The largest absolute Gasteiger partial charge is 0.467 e. The quantitative estimate of drug-likeness (QED) is 0.539. The van der Waals surface area contributed by atoms with E-state index in [1.54, 1.807) is 42.7 Å². The van der Waals surface area contributed by atoms with Crippen molar-refractivity contribution in [1.82, 2.24) is 5.32 Å². The molecular formula is C21H19ClN2O3S. The van der Waals surface area contributed by atoms with Gasteiger partial charge in [-0.3, -0.25) is 9.59 Å². The molecule has 1 heterocycles. The number of halogens is 1. The molecule has 0 aliphatic heterocycles. The third kappa shape index (κ3) is 5.41. The molecule has 2 amide bonds. The second-order valence-electron chi connectivity index (χ2n) is 6.05. The van der Waals surface area contributed by atoms with E-state index in [1.165, 1.54) is 11.8 Å². The van der Waals surface area contributed by atoms with Gasteiger partial charge in [-0.25, -0.2) is 0 Å². The van der Waals surface area contributed by atoms with Gasteiger partial charge in [0.1, 0.15) is 5.76 Å². The molecule has 7 heteroatoms. The van der Waals surface area contributed by atoms with Crippen LogP contribution >= 0.6 is 23.4 Å². The summed E-state index contributed by atoms with van der Waals surface area (Å²) >= 11 is 7.33. The van der Waals surface area contributed by atoms with Gasteiger partial charge in [-0.2, -0.15) is 0 Å². The number of anilines is 1. The van der Waals surface area contributed by atoms with Crippen LogP contribution < -0.4 is 10.6 Å². The standard InChI is InChI=1S/C21H19ClN2O3S/c1-14-8-9-15(22)11-18(14)24-21(26)17-6-2-3-7-19(17)28-13-20(25)23-12-16-5-4-10-27-16/h2-11H,12-13H2,1H3,(H,23,25)(H,24,26). The molecule has 0 bridgehead atoms. The number of nitrogens with one attached hydrogen (secondary N) is 2. The molecule has 2 N–H and O–H groups in total. The lowest BCUT2D eigenvalue weighted by molar-refractivity contribution is -0.118. The Bertz CT molecular complexity index is 974. The number of aryl methyl sites for hydroxylation is 1. The number of hydrogen-bond acceptors (Lipinski definition) is 4. The number of furan rings is 1. The average Bonchev–Trinajstić information content (AvgIpc) is 3.21. The summed E-state index contributed by atoms with van der Waals surface area (Å²) in [7, 11) is 0. The molecule has 0 saturated carbocycles. The van der Waals surface area contributed by atoms with Crippen LogP contribution in [-0.2, 0) is 11.3 Å². The highest BCUT2D eigenvalue weighted by Crippen LogP contribution is 2.25. The van der Waals surface area contributed by atoms with Crippen molar-refractivity contribution >= 4 is 40.9 Å². The molecule has 1 aromatic heterocycles. The number of carbonyl (C=O) groups is 2. The lowest BCUT2D eigenvalue weighted by atomic mass is 10.1. The van der Waals surface area contributed by atoms with E-state index in [0.29, 0.717) is 28.6 Å². The summed E-state index contributed by atoms with van der Waals surface area (Å²) < 4.78 is 5.19. The van der Waals surface area contributed by atoms with Crippen molar-refractivity contribution in [3.05, 3.63) is 82.8 Å². The topological polar surface area (TPSA) is 71.3 Å². The summed E-state index contributed by atoms with van der Waals surface area (Å²) in [4.78, 5) is 25.6. The van der Waals surface area contributed by atoms with Gasteiger partial charge in [0, 0.05) is 15.6 Å². The van der Waals surface area contributed by atoms with Crippen molar-refractivity contribution in [3.8, 4) is 0 Å². The van der Waals surface area contributed by atoms with E-state index in [0.717, 1.165) is 10.5 Å². The highest BCUT2D eigenvalue weighted by atomic mass is 35.5. The molecule has 2 aromatic carbocycles. The fraction of sp³-hybridized carbons (Fsp3) is 0.143. The van der Waals surface area contributed by atoms with Gasteiger partial charge < -0.3 is 15.1 Å². The van der Waals surface area contributed by atoms with Gasteiger partial charge in [-0.1, -0.05) is 29.8 Å². The lowest BCUT2D eigenvalue weighted by Crippen LogP contribution is -2.24. The molecule has 0 saturated heterocycles. The minimum absolute atomic E-state index is 0.137. The Balaban J connectivity index is 1.62. The summed E-state index contributed by atoms with van der Waals surface area (Å²) in [6, 6.07) is 16.1. The second-order valence-corrected chi connectivity index (χ2v) is 7.51. The lowest BCUT2D eigenvalue weighted by Gasteiger charge is -2.12. The number of thioether (sulfide) groups is 1. The van der Waals surface area contributed by atoms with Gasteiger partial charge in [-0.15, -0.1) is 11.8 Å². The molecule has 0 radical (unpaired) electrons. The van der Waals surface area contributed by atoms with E-state index >= 15 is 0 Å². The molecule has 3 rings (SSSR count). The average molecular weight is 415 g/mol. The Morgan fingerprint density at radius 2 is 1.93 bits per heavy atom. The maximum absolute atomic E-state index is 12.7. The fourth-order valence-corrected chi connectivity index (χ4v) is 3.54. The highest BCUT2D eigenvalue weighted by molar-refractivity contribution is 8.00. The van der Waals surface area contributed by atoms with Crippen LogP contribution in [0.2, 0.25) is 5.02 Å². The van der Waals surface area contributed by atoms with Crippen LogP contribution in [-0.4, -0.2) is 17.6 Å². The minimum atomic E-state index is -0.246. The Kier molecular flexibility index (Phi) is 6.79. The van der Waals surface area contributed by atoms with Crippen LogP contribution in [0.4, 0.5) is 5.69 Å². The van der Waals surface area contributed by atoms with Crippen LogP contribution in [0, 0.1) is 6.92 Å². The molecule has 28 heavy (non-hydrogen) atoms. The first-order valence-electron chi connectivity index (χ1n) is 8.61. The molecule has 0 atom stereocenters. The molecule has 0 unspecified atom stereocenters. The van der Waals surface area contributed by atoms with Crippen molar-refractivity contribution in [2.45, 2.75) is 18.4 Å². The van der Waals surface area contributed by atoms with E-state index in [1.807, 2.05) is 25.1 Å². The minimum Gasteiger partial charge on any atom is -0.467 e. The number of rotatable bonds is 7. The van der Waals surface area contributed by atoms with Crippen LogP contribution in [0.1, 0.15) is 21.7 Å². The number of benzene rings is 2. The van der Waals surface area contributed by atoms with Crippen molar-refractivity contribution < 1.29 is 14.0 Å². The highest BCUT2D eigenvalue weighted by Gasteiger charge is 2.14. The zero-order valence-electron chi connectivity index (χ0n) is 15.2. The van der Waals surface area contributed by atoms with Crippen LogP contribution in [0.15, 0.2) is 70.2 Å². The van der Waals surface area contributed by atoms with Crippen LogP contribution in [0.25, 0.3) is 0 Å². The fourth-order valence-electron chi connectivity index (χ4n) is 2.49. The SMILES string of the molecule is Cc1ccc(Cl)cc1NC(=O)c1ccccc1SCC(=O)NCc1ccco1. The van der Waals surface area contributed by atoms with Gasteiger partial charge in [0.25, 0.3) is 5.91 Å². The van der Waals surface area contributed by atoms with Gasteiger partial charge in [0.05, 0.1) is 24.1 Å². The summed E-state index contributed by atoms with van der Waals surface area (Å²) in [5, 5.41) is 6.23. The Morgan fingerprint density at radius 1 is 1.11 bits per heavy atom. The van der Waals surface area contributed by atoms with Crippen molar-refractivity contribution in [3.63, 3.8) is 0 Å². The monoisotopic (exact) mass is 414 g/mol. The molecule has 5 nitrogen and oxygen atoms in total. The molecule has 0 fully saturated rings. The van der Waals surface area contributed by atoms with Crippen molar-refractivity contribution in [2.75, 3.05) is 11.1 Å². The first kappa shape index (κ1) is 20.0. The molecule has 144 valence electrons. The summed E-state index contributed by atoms with van der Waals surface area (Å²) in [5.74, 6) is 0.503. The molecule has 0 spiro atoms. The third-order valence-electron chi connectivity index (χ3n) is 3.98. The van der Waals surface area contributed by atoms with Crippen molar-refractivity contribution in [2.24, 2.45) is 0 Å². The normalized spacial score (nSPS) is 10.5. The zero-order valence-corrected chi connectivity index (χ0v) is 16.8.